The van der Waals surface area contributed by atoms with E-state index in [1.54, 1.807) is 24.3 Å². The van der Waals surface area contributed by atoms with Crippen LogP contribution in [0.15, 0.2) is 80.6 Å². The van der Waals surface area contributed by atoms with Crippen molar-refractivity contribution in [2.45, 2.75) is 13.2 Å². The van der Waals surface area contributed by atoms with Crippen molar-refractivity contribution in [1.82, 2.24) is 4.90 Å². The highest BCUT2D eigenvalue weighted by Crippen LogP contribution is 2.38. The predicted molar refractivity (Wildman–Crippen MR) is 137 cm³/mol. The lowest BCUT2D eigenvalue weighted by molar-refractivity contribution is -0.385. The summed E-state index contributed by atoms with van der Waals surface area (Å²) >= 11 is 7.82. The number of hydrogen-bond acceptors (Lipinski definition) is 6. The van der Waals surface area contributed by atoms with Crippen molar-refractivity contribution in [2.75, 3.05) is 0 Å². The number of amides is 2. The minimum absolute atomic E-state index is 0.135. The zero-order valence-electron chi connectivity index (χ0n) is 17.4. The van der Waals surface area contributed by atoms with Crippen LogP contribution < -0.4 is 4.74 Å². The van der Waals surface area contributed by atoms with Crippen LogP contribution in [0.1, 0.15) is 16.7 Å². The number of para-hydroxylation sites is 1. The van der Waals surface area contributed by atoms with Crippen LogP contribution >= 0.6 is 43.6 Å². The van der Waals surface area contributed by atoms with Crippen LogP contribution in [0.2, 0.25) is 0 Å². The molecule has 34 heavy (non-hydrogen) atoms. The third-order valence-electron chi connectivity index (χ3n) is 4.93. The SMILES string of the molecule is O=C1S/C(=C\c2cc(Br)c(OCc3ccccc3)c(Br)c2)C(=O)N1Cc1ccccc1[N+](=O)[O-]. The Bertz CT molecular complexity index is 1290. The average Bonchev–Trinajstić information content (AvgIpc) is 3.06. The van der Waals surface area contributed by atoms with Crippen LogP contribution in [0.4, 0.5) is 10.5 Å². The molecule has 10 heteroatoms. The monoisotopic (exact) mass is 602 g/mol. The second-order valence-electron chi connectivity index (χ2n) is 7.24. The molecule has 1 aliphatic heterocycles. The Morgan fingerprint density at radius 1 is 1.00 bits per heavy atom. The summed E-state index contributed by atoms with van der Waals surface area (Å²) in [4.78, 5) is 37.4. The summed E-state index contributed by atoms with van der Waals surface area (Å²) in [6.45, 7) is 0.223. The van der Waals surface area contributed by atoms with Crippen molar-refractivity contribution in [1.29, 1.82) is 0 Å². The van der Waals surface area contributed by atoms with Gasteiger partial charge in [-0.25, -0.2) is 0 Å². The molecule has 0 aromatic heterocycles. The number of carbonyl (C=O) groups is 2. The lowest BCUT2D eigenvalue weighted by atomic mass is 10.1. The van der Waals surface area contributed by atoms with Crippen LogP contribution in [-0.4, -0.2) is 21.0 Å². The first-order valence-corrected chi connectivity index (χ1v) is 12.4. The summed E-state index contributed by atoms with van der Waals surface area (Å²) < 4.78 is 7.29. The summed E-state index contributed by atoms with van der Waals surface area (Å²) in [6.07, 6.45) is 1.61. The normalized spacial score (nSPS) is 14.6. The fraction of sp³-hybridized carbons (Fsp3) is 0.0833. The lowest BCUT2D eigenvalue weighted by Gasteiger charge is -2.13. The van der Waals surface area contributed by atoms with Crippen molar-refractivity contribution in [3.05, 3.63) is 107 Å². The largest absolute Gasteiger partial charge is 0.487 e. The molecule has 1 saturated heterocycles. The Morgan fingerprint density at radius 3 is 2.32 bits per heavy atom. The Hall–Kier alpha value is -2.95. The van der Waals surface area contributed by atoms with Gasteiger partial charge in [0.05, 0.1) is 25.3 Å². The quantitative estimate of drug-likeness (QED) is 0.165. The zero-order chi connectivity index (χ0) is 24.2. The van der Waals surface area contributed by atoms with Gasteiger partial charge in [0.25, 0.3) is 16.8 Å². The highest BCUT2D eigenvalue weighted by atomic mass is 79.9. The van der Waals surface area contributed by atoms with Gasteiger partial charge in [0.1, 0.15) is 12.4 Å². The van der Waals surface area contributed by atoms with Gasteiger partial charge in [-0.05, 0) is 73.0 Å². The van der Waals surface area contributed by atoms with E-state index in [0.717, 1.165) is 22.2 Å². The van der Waals surface area contributed by atoms with E-state index in [9.17, 15) is 19.7 Å². The smallest absolute Gasteiger partial charge is 0.293 e. The molecule has 3 aromatic carbocycles. The summed E-state index contributed by atoms with van der Waals surface area (Å²) in [6, 6.07) is 19.4. The third-order valence-corrected chi connectivity index (χ3v) is 7.02. The van der Waals surface area contributed by atoms with Gasteiger partial charge in [-0.1, -0.05) is 48.5 Å². The van der Waals surface area contributed by atoms with Gasteiger partial charge in [0, 0.05) is 11.6 Å². The maximum atomic E-state index is 12.9. The molecule has 0 atom stereocenters. The predicted octanol–water partition coefficient (Wildman–Crippen LogP) is 6.94. The van der Waals surface area contributed by atoms with Gasteiger partial charge in [0.15, 0.2) is 0 Å². The van der Waals surface area contributed by atoms with E-state index in [0.29, 0.717) is 32.4 Å². The topological polar surface area (TPSA) is 89.8 Å². The Kier molecular flexibility index (Phi) is 7.50. The second-order valence-corrected chi connectivity index (χ2v) is 9.94. The molecule has 0 unspecified atom stereocenters. The number of halogens is 2. The maximum absolute atomic E-state index is 12.9. The summed E-state index contributed by atoms with van der Waals surface area (Å²) in [7, 11) is 0. The second kappa shape index (κ2) is 10.5. The lowest BCUT2D eigenvalue weighted by Crippen LogP contribution is -2.27. The molecule has 0 spiro atoms. The van der Waals surface area contributed by atoms with E-state index in [1.807, 2.05) is 30.3 Å². The van der Waals surface area contributed by atoms with Crippen molar-refractivity contribution >= 4 is 66.5 Å². The number of ether oxygens (including phenoxy) is 1. The molecule has 1 heterocycles. The van der Waals surface area contributed by atoms with Gasteiger partial charge in [-0.3, -0.25) is 24.6 Å². The number of hydrogen-bond donors (Lipinski definition) is 0. The number of nitrogens with zero attached hydrogens (tertiary/aromatic N) is 2. The number of carbonyl (C=O) groups excluding carboxylic acids is 2. The summed E-state index contributed by atoms with van der Waals surface area (Å²) in [5.74, 6) is 0.121. The molecule has 3 aromatic rings. The molecule has 172 valence electrons. The van der Waals surface area contributed by atoms with Gasteiger partial charge < -0.3 is 4.74 Å². The first-order chi connectivity index (χ1) is 16.3. The number of rotatable bonds is 7. The maximum Gasteiger partial charge on any atom is 0.293 e. The molecular weight excluding hydrogens is 588 g/mol. The minimum Gasteiger partial charge on any atom is -0.487 e. The van der Waals surface area contributed by atoms with Gasteiger partial charge in [-0.15, -0.1) is 0 Å². The standard InChI is InChI=1S/C24H16Br2N2O5S/c25-18-10-16(11-19(26)22(18)33-14-15-6-2-1-3-7-15)12-21-23(29)27(24(30)34-21)13-17-8-4-5-9-20(17)28(31)32/h1-12H,13-14H2/b21-12-. The molecule has 0 aliphatic carbocycles. The van der Waals surface area contributed by atoms with Gasteiger partial charge in [0.2, 0.25) is 0 Å². The van der Waals surface area contributed by atoms with E-state index >= 15 is 0 Å². The highest BCUT2D eigenvalue weighted by Gasteiger charge is 2.36. The number of imide groups is 1. The van der Waals surface area contributed by atoms with E-state index in [1.165, 1.54) is 18.2 Å². The molecule has 0 saturated carbocycles. The number of nitro groups is 1. The summed E-state index contributed by atoms with van der Waals surface area (Å²) in [5.41, 5.74) is 1.87. The zero-order valence-corrected chi connectivity index (χ0v) is 21.4. The van der Waals surface area contributed by atoms with Crippen molar-refractivity contribution in [2.24, 2.45) is 0 Å². The molecule has 0 radical (unpaired) electrons. The van der Waals surface area contributed by atoms with Crippen molar-refractivity contribution in [3.63, 3.8) is 0 Å². The minimum atomic E-state index is -0.527. The molecule has 1 fully saturated rings. The fourth-order valence-electron chi connectivity index (χ4n) is 3.31. The first-order valence-electron chi connectivity index (χ1n) is 9.97. The molecule has 2 amide bonds. The molecule has 4 rings (SSSR count). The van der Waals surface area contributed by atoms with Gasteiger partial charge in [-0.2, -0.15) is 0 Å². The Morgan fingerprint density at radius 2 is 1.65 bits per heavy atom. The van der Waals surface area contributed by atoms with E-state index in [-0.39, 0.29) is 17.1 Å². The highest BCUT2D eigenvalue weighted by molar-refractivity contribution is 9.11. The number of nitro benzene ring substituents is 1. The number of benzene rings is 3. The van der Waals surface area contributed by atoms with E-state index in [2.05, 4.69) is 31.9 Å². The average molecular weight is 604 g/mol. The molecule has 0 bridgehead atoms. The van der Waals surface area contributed by atoms with E-state index < -0.39 is 16.1 Å². The van der Waals surface area contributed by atoms with Crippen LogP contribution in [-0.2, 0) is 17.9 Å². The summed E-state index contributed by atoms with van der Waals surface area (Å²) in [5, 5.41) is 10.8. The Labute approximate surface area is 216 Å². The molecule has 0 N–H and O–H groups in total. The third kappa shape index (κ3) is 5.40. The fourth-order valence-corrected chi connectivity index (χ4v) is 5.60. The van der Waals surface area contributed by atoms with Gasteiger partial charge >= 0.3 is 0 Å². The molecular formula is C24H16Br2N2O5S. The van der Waals surface area contributed by atoms with E-state index in [4.69, 9.17) is 4.74 Å². The van der Waals surface area contributed by atoms with Crippen molar-refractivity contribution < 1.29 is 19.2 Å². The van der Waals surface area contributed by atoms with Crippen molar-refractivity contribution in [3.8, 4) is 5.75 Å². The first kappa shape index (κ1) is 24.2. The van der Waals surface area contributed by atoms with Crippen LogP contribution in [0.5, 0.6) is 5.75 Å². The number of thioether (sulfide) groups is 1. The molecule has 1 aliphatic rings. The van der Waals surface area contributed by atoms with Crippen LogP contribution in [0.3, 0.4) is 0 Å². The van der Waals surface area contributed by atoms with Crippen LogP contribution in [0, 0.1) is 10.1 Å². The Balaban J connectivity index is 1.52. The van der Waals surface area contributed by atoms with Crippen LogP contribution in [0.25, 0.3) is 6.08 Å². The molecule has 7 nitrogen and oxygen atoms in total.